The Kier molecular flexibility index (Phi) is 4.22. The summed E-state index contributed by atoms with van der Waals surface area (Å²) in [5.74, 6) is -0.190. The van der Waals surface area contributed by atoms with Gasteiger partial charge in [0, 0.05) is 25.0 Å². The molecule has 1 aliphatic carbocycles. The van der Waals surface area contributed by atoms with Crippen LogP contribution in [0.5, 0.6) is 0 Å². The van der Waals surface area contributed by atoms with E-state index in [2.05, 4.69) is 4.98 Å². The molecule has 0 bridgehead atoms. The summed E-state index contributed by atoms with van der Waals surface area (Å²) in [5.41, 5.74) is 0.436. The monoisotopic (exact) mass is 299 g/mol. The van der Waals surface area contributed by atoms with Gasteiger partial charge in [-0.3, -0.25) is 14.0 Å². The van der Waals surface area contributed by atoms with Gasteiger partial charge in [-0.2, -0.15) is 0 Å². The lowest BCUT2D eigenvalue weighted by Gasteiger charge is -2.33. The van der Waals surface area contributed by atoms with Crippen LogP contribution in [0.4, 0.5) is 0 Å². The molecule has 0 spiro atoms. The zero-order chi connectivity index (χ0) is 15.5. The van der Waals surface area contributed by atoms with Crippen LogP contribution < -0.4 is 5.56 Å². The first-order valence-corrected chi connectivity index (χ1v) is 7.99. The zero-order valence-corrected chi connectivity index (χ0v) is 12.9. The number of hydrogen-bond acceptors (Lipinski definition) is 3. The first-order valence-electron chi connectivity index (χ1n) is 7.99. The van der Waals surface area contributed by atoms with Crippen LogP contribution in [-0.4, -0.2) is 32.8 Å². The fourth-order valence-electron chi connectivity index (χ4n) is 3.29. The van der Waals surface area contributed by atoms with Crippen LogP contribution in [0.2, 0.25) is 0 Å². The summed E-state index contributed by atoms with van der Waals surface area (Å²) in [6, 6.07) is 5.60. The van der Waals surface area contributed by atoms with Crippen LogP contribution in [0, 0.1) is 0 Å². The molecule has 0 saturated heterocycles. The van der Waals surface area contributed by atoms with E-state index in [1.165, 1.54) is 17.0 Å². The van der Waals surface area contributed by atoms with Gasteiger partial charge in [-0.1, -0.05) is 25.3 Å². The van der Waals surface area contributed by atoms with Crippen molar-refractivity contribution in [3.05, 3.63) is 46.5 Å². The Morgan fingerprint density at radius 2 is 2.09 bits per heavy atom. The molecule has 1 aliphatic rings. The first kappa shape index (κ1) is 14.8. The highest BCUT2D eigenvalue weighted by Crippen LogP contribution is 2.23. The number of rotatable bonds is 3. The van der Waals surface area contributed by atoms with Crippen molar-refractivity contribution in [1.29, 1.82) is 0 Å². The van der Waals surface area contributed by atoms with Crippen LogP contribution in [-0.2, 0) is 0 Å². The number of aromatic nitrogens is 2. The summed E-state index contributed by atoms with van der Waals surface area (Å²) < 4.78 is 1.43. The average molecular weight is 299 g/mol. The van der Waals surface area contributed by atoms with Gasteiger partial charge >= 0.3 is 0 Å². The molecule has 2 aromatic heterocycles. The topological polar surface area (TPSA) is 54.7 Å². The minimum absolute atomic E-state index is 0.163. The van der Waals surface area contributed by atoms with E-state index in [4.69, 9.17) is 0 Å². The van der Waals surface area contributed by atoms with Gasteiger partial charge in [-0.25, -0.2) is 4.98 Å². The predicted octanol–water partition coefficient (Wildman–Crippen LogP) is 2.49. The fourth-order valence-corrected chi connectivity index (χ4v) is 3.29. The molecule has 116 valence electrons. The Labute approximate surface area is 129 Å². The van der Waals surface area contributed by atoms with Crippen molar-refractivity contribution in [2.24, 2.45) is 0 Å². The van der Waals surface area contributed by atoms with Crippen molar-refractivity contribution >= 4 is 11.6 Å². The molecule has 0 aromatic carbocycles. The van der Waals surface area contributed by atoms with E-state index < -0.39 is 0 Å². The second-order valence-electron chi connectivity index (χ2n) is 5.79. The van der Waals surface area contributed by atoms with Gasteiger partial charge in [0.15, 0.2) is 0 Å². The van der Waals surface area contributed by atoms with E-state index in [9.17, 15) is 9.59 Å². The van der Waals surface area contributed by atoms with Crippen molar-refractivity contribution in [1.82, 2.24) is 14.3 Å². The lowest BCUT2D eigenvalue weighted by atomic mass is 9.94. The molecular formula is C17H21N3O2. The summed E-state index contributed by atoms with van der Waals surface area (Å²) >= 11 is 0. The molecule has 5 heteroatoms. The lowest BCUT2D eigenvalue weighted by Crippen LogP contribution is -2.43. The third kappa shape index (κ3) is 2.63. The Bertz CT molecular complexity index is 732. The van der Waals surface area contributed by atoms with Crippen LogP contribution in [0.25, 0.3) is 5.65 Å². The molecule has 1 fully saturated rings. The lowest BCUT2D eigenvalue weighted by molar-refractivity contribution is 0.0645. The molecule has 3 rings (SSSR count). The molecule has 0 aliphatic heterocycles. The fraction of sp³-hybridized carbons (Fsp3) is 0.471. The van der Waals surface area contributed by atoms with E-state index in [0.29, 0.717) is 12.2 Å². The number of carbonyl (C=O) groups excluding carboxylic acids is 1. The molecule has 0 N–H and O–H groups in total. The van der Waals surface area contributed by atoms with Crippen LogP contribution >= 0.6 is 0 Å². The Morgan fingerprint density at radius 1 is 1.32 bits per heavy atom. The summed E-state index contributed by atoms with van der Waals surface area (Å²) in [6.07, 6.45) is 8.68. The van der Waals surface area contributed by atoms with Crippen molar-refractivity contribution in [2.45, 2.75) is 45.1 Å². The summed E-state index contributed by atoms with van der Waals surface area (Å²) in [6.45, 7) is 2.60. The molecule has 2 heterocycles. The van der Waals surface area contributed by atoms with Crippen molar-refractivity contribution in [3.63, 3.8) is 0 Å². The predicted molar refractivity (Wildman–Crippen MR) is 85.0 cm³/mol. The van der Waals surface area contributed by atoms with E-state index in [1.807, 2.05) is 17.9 Å². The third-order valence-corrected chi connectivity index (χ3v) is 4.46. The van der Waals surface area contributed by atoms with Crippen molar-refractivity contribution < 1.29 is 4.79 Å². The number of amides is 1. The van der Waals surface area contributed by atoms with E-state index in [0.717, 1.165) is 25.7 Å². The van der Waals surface area contributed by atoms with Crippen molar-refractivity contribution in [2.75, 3.05) is 6.54 Å². The molecule has 0 radical (unpaired) electrons. The van der Waals surface area contributed by atoms with Gasteiger partial charge in [0.25, 0.3) is 11.5 Å². The Balaban J connectivity index is 1.96. The van der Waals surface area contributed by atoms with E-state index >= 15 is 0 Å². The van der Waals surface area contributed by atoms with Crippen LogP contribution in [0.3, 0.4) is 0 Å². The van der Waals surface area contributed by atoms with Gasteiger partial charge < -0.3 is 4.90 Å². The van der Waals surface area contributed by atoms with Crippen LogP contribution in [0.15, 0.2) is 35.4 Å². The molecule has 5 nitrogen and oxygen atoms in total. The number of carbonyl (C=O) groups is 1. The quantitative estimate of drug-likeness (QED) is 0.875. The highest BCUT2D eigenvalue weighted by Gasteiger charge is 2.27. The molecule has 2 aromatic rings. The Morgan fingerprint density at radius 3 is 2.82 bits per heavy atom. The maximum absolute atomic E-state index is 12.8. The summed E-state index contributed by atoms with van der Waals surface area (Å²) in [7, 11) is 0. The van der Waals surface area contributed by atoms with Gasteiger partial charge in [0.05, 0.1) is 0 Å². The molecular weight excluding hydrogens is 278 g/mol. The molecule has 0 atom stereocenters. The number of pyridine rings is 1. The SMILES string of the molecule is CCN(C(=O)c1cnc2ccccn2c1=O)C1CCCCC1. The normalized spacial score (nSPS) is 15.9. The van der Waals surface area contributed by atoms with Crippen molar-refractivity contribution in [3.8, 4) is 0 Å². The maximum atomic E-state index is 12.8. The largest absolute Gasteiger partial charge is 0.336 e. The number of fused-ring (bicyclic) bond motifs is 1. The average Bonchev–Trinajstić information content (AvgIpc) is 2.57. The van der Waals surface area contributed by atoms with Gasteiger partial charge in [0.1, 0.15) is 11.2 Å². The number of hydrogen-bond donors (Lipinski definition) is 0. The summed E-state index contributed by atoms with van der Waals surface area (Å²) in [5, 5.41) is 0. The minimum Gasteiger partial charge on any atom is -0.336 e. The second-order valence-corrected chi connectivity index (χ2v) is 5.79. The molecule has 1 saturated carbocycles. The molecule has 1 amide bonds. The second kappa shape index (κ2) is 6.30. The van der Waals surface area contributed by atoms with Crippen LogP contribution in [0.1, 0.15) is 49.4 Å². The highest BCUT2D eigenvalue weighted by molar-refractivity contribution is 5.94. The maximum Gasteiger partial charge on any atom is 0.270 e. The third-order valence-electron chi connectivity index (χ3n) is 4.46. The molecule has 22 heavy (non-hydrogen) atoms. The zero-order valence-electron chi connectivity index (χ0n) is 12.9. The van der Waals surface area contributed by atoms with Gasteiger partial charge in [-0.15, -0.1) is 0 Å². The number of nitrogens with zero attached hydrogens (tertiary/aromatic N) is 3. The van der Waals surface area contributed by atoms with E-state index in [-0.39, 0.29) is 23.1 Å². The standard InChI is InChI=1S/C17H21N3O2/c1-2-19(13-8-4-3-5-9-13)16(21)14-12-18-15-10-6-7-11-20(15)17(14)22/h6-7,10-13H,2-5,8-9H2,1H3. The summed E-state index contributed by atoms with van der Waals surface area (Å²) in [4.78, 5) is 31.4. The molecule has 0 unspecified atom stereocenters. The van der Waals surface area contributed by atoms with Gasteiger partial charge in [0.2, 0.25) is 0 Å². The van der Waals surface area contributed by atoms with Gasteiger partial charge in [-0.05, 0) is 31.9 Å². The highest BCUT2D eigenvalue weighted by atomic mass is 16.2. The Hall–Kier alpha value is -2.17. The minimum atomic E-state index is -0.287. The first-order chi connectivity index (χ1) is 10.7. The van der Waals surface area contributed by atoms with E-state index in [1.54, 1.807) is 18.3 Å². The smallest absolute Gasteiger partial charge is 0.270 e.